The van der Waals surface area contributed by atoms with Gasteiger partial charge in [-0.05, 0) is 20.3 Å². The molecule has 0 radical (unpaired) electrons. The minimum absolute atomic E-state index is 0.330. The van der Waals surface area contributed by atoms with Crippen LogP contribution in [0.25, 0.3) is 0 Å². The number of unbranched alkanes of at least 4 members (excludes halogenated alkanes) is 1. The van der Waals surface area contributed by atoms with E-state index in [1.807, 2.05) is 19.1 Å². The van der Waals surface area contributed by atoms with E-state index in [0.717, 1.165) is 12.8 Å². The zero-order chi connectivity index (χ0) is 15.7. The normalized spacial score (nSPS) is 7.00. The number of allylic oxidation sites excluding steroid dienone is 2. The minimum Gasteiger partial charge on any atom is -0.463 e. The molecule has 0 fully saturated rings. The Hall–Kier alpha value is -2.33. The highest BCUT2D eigenvalue weighted by Crippen LogP contribution is 1.88. The van der Waals surface area contributed by atoms with Crippen LogP contribution in [0.1, 0.15) is 33.6 Å². The minimum atomic E-state index is -0.330. The summed E-state index contributed by atoms with van der Waals surface area (Å²) in [5.41, 5.74) is 1.12. The van der Waals surface area contributed by atoms with Crippen LogP contribution in [-0.4, -0.2) is 12.6 Å². The molecular weight excluding hydrogens is 240 g/mol. The van der Waals surface area contributed by atoms with Crippen LogP contribution in [0.5, 0.6) is 0 Å². The summed E-state index contributed by atoms with van der Waals surface area (Å²) >= 11 is 0. The summed E-state index contributed by atoms with van der Waals surface area (Å²) in [6, 6.07) is 3.67. The summed E-state index contributed by atoms with van der Waals surface area (Å²) in [5.74, 6) is -0.330. The lowest BCUT2D eigenvalue weighted by atomic mass is 10.4. The molecule has 0 N–H and O–H groups in total. The van der Waals surface area contributed by atoms with Gasteiger partial charge >= 0.3 is 5.97 Å². The van der Waals surface area contributed by atoms with Gasteiger partial charge in [0, 0.05) is 17.2 Å². The number of hydrogen-bond acceptors (Lipinski definition) is 4. The summed E-state index contributed by atoms with van der Waals surface area (Å²) in [4.78, 5) is 10.3. The smallest absolute Gasteiger partial charge is 0.330 e. The number of rotatable bonds is 4. The standard InChI is InChI=1S/C7H12O2.2C4H5N/c1-3-5-6-9-7(8)4-2;2*1-4(2)3-5/h4H,2-3,5-6H2,1H3;2*1H2,2H3. The molecule has 0 saturated carbocycles. The summed E-state index contributed by atoms with van der Waals surface area (Å²) in [7, 11) is 0. The predicted molar refractivity (Wildman–Crippen MR) is 76.9 cm³/mol. The average molecular weight is 262 g/mol. The fraction of sp³-hybridized carbons (Fsp3) is 0.400. The van der Waals surface area contributed by atoms with Crippen molar-refractivity contribution in [1.29, 1.82) is 10.5 Å². The molecule has 0 rings (SSSR count). The Kier molecular flexibility index (Phi) is 20.8. The molecule has 4 heteroatoms. The zero-order valence-electron chi connectivity index (χ0n) is 12.0. The molecule has 0 aliphatic heterocycles. The third kappa shape index (κ3) is 39.0. The number of esters is 1. The van der Waals surface area contributed by atoms with Gasteiger partial charge < -0.3 is 4.74 Å². The Morgan fingerprint density at radius 2 is 1.58 bits per heavy atom. The number of carbonyl (C=O) groups is 1. The van der Waals surface area contributed by atoms with Crippen molar-refractivity contribution in [2.75, 3.05) is 6.61 Å². The van der Waals surface area contributed by atoms with Gasteiger partial charge in [-0.2, -0.15) is 10.5 Å². The quantitative estimate of drug-likeness (QED) is 0.335. The van der Waals surface area contributed by atoms with Crippen LogP contribution in [0.4, 0.5) is 0 Å². The highest BCUT2D eigenvalue weighted by Gasteiger charge is 1.91. The zero-order valence-corrected chi connectivity index (χ0v) is 12.0. The third-order valence-electron chi connectivity index (χ3n) is 1.29. The van der Waals surface area contributed by atoms with E-state index in [4.69, 9.17) is 10.5 Å². The maximum atomic E-state index is 10.3. The van der Waals surface area contributed by atoms with Crippen LogP contribution in [0.15, 0.2) is 37.0 Å². The Morgan fingerprint density at radius 1 is 1.21 bits per heavy atom. The van der Waals surface area contributed by atoms with Gasteiger partial charge in [0.2, 0.25) is 0 Å². The molecule has 0 aliphatic carbocycles. The van der Waals surface area contributed by atoms with Crippen LogP contribution in [0, 0.1) is 22.7 Å². The highest BCUT2D eigenvalue weighted by molar-refractivity contribution is 5.81. The Balaban J connectivity index is -0.000000219. The summed E-state index contributed by atoms with van der Waals surface area (Å²) in [6.45, 7) is 15.8. The van der Waals surface area contributed by atoms with Crippen molar-refractivity contribution in [2.24, 2.45) is 0 Å². The maximum absolute atomic E-state index is 10.3. The molecule has 0 spiro atoms. The molecule has 0 unspecified atom stereocenters. The Labute approximate surface area is 116 Å². The Morgan fingerprint density at radius 3 is 1.79 bits per heavy atom. The number of carbonyl (C=O) groups excluding carboxylic acids is 1. The SMILES string of the molecule is C=C(C)C#N.C=C(C)C#N.C=CC(=O)OCCCC. The van der Waals surface area contributed by atoms with Gasteiger partial charge in [0.1, 0.15) is 0 Å². The van der Waals surface area contributed by atoms with E-state index in [2.05, 4.69) is 24.5 Å². The summed E-state index contributed by atoms with van der Waals surface area (Å²) in [5, 5.41) is 15.6. The van der Waals surface area contributed by atoms with Crippen LogP contribution < -0.4 is 0 Å². The maximum Gasteiger partial charge on any atom is 0.330 e. The first-order valence-corrected chi connectivity index (χ1v) is 5.76. The second kappa shape index (κ2) is 18.0. The summed E-state index contributed by atoms with van der Waals surface area (Å²) in [6.07, 6.45) is 3.15. The monoisotopic (exact) mass is 262 g/mol. The van der Waals surface area contributed by atoms with Crippen LogP contribution in [0.3, 0.4) is 0 Å². The molecule has 104 valence electrons. The van der Waals surface area contributed by atoms with E-state index in [0.29, 0.717) is 17.8 Å². The van der Waals surface area contributed by atoms with Crippen LogP contribution >= 0.6 is 0 Å². The van der Waals surface area contributed by atoms with Crippen molar-refractivity contribution in [3.05, 3.63) is 37.0 Å². The van der Waals surface area contributed by atoms with Gasteiger partial charge in [0.25, 0.3) is 0 Å². The van der Waals surface area contributed by atoms with Gasteiger partial charge in [0.15, 0.2) is 0 Å². The first-order valence-electron chi connectivity index (χ1n) is 5.76. The van der Waals surface area contributed by atoms with E-state index in [1.165, 1.54) is 6.08 Å². The third-order valence-corrected chi connectivity index (χ3v) is 1.29. The van der Waals surface area contributed by atoms with Crippen LogP contribution in [0.2, 0.25) is 0 Å². The Bertz CT molecular complexity index is 347. The molecule has 0 amide bonds. The molecule has 0 saturated heterocycles. The van der Waals surface area contributed by atoms with Gasteiger partial charge in [-0.3, -0.25) is 0 Å². The largest absolute Gasteiger partial charge is 0.463 e. The lowest BCUT2D eigenvalue weighted by Crippen LogP contribution is -2.00. The average Bonchev–Trinajstić information content (AvgIpc) is 2.40. The molecule has 0 aromatic carbocycles. The van der Waals surface area contributed by atoms with Crippen molar-refractivity contribution < 1.29 is 9.53 Å². The lowest BCUT2D eigenvalue weighted by molar-refractivity contribution is -0.137. The molecule has 0 aliphatic rings. The predicted octanol–water partition coefficient (Wildman–Crippen LogP) is 3.69. The molecular formula is C15H22N2O2. The van der Waals surface area contributed by atoms with E-state index in [1.54, 1.807) is 13.8 Å². The number of hydrogen-bond donors (Lipinski definition) is 0. The van der Waals surface area contributed by atoms with Crippen molar-refractivity contribution in [1.82, 2.24) is 0 Å². The second-order valence-corrected chi connectivity index (χ2v) is 3.51. The molecule has 0 atom stereocenters. The van der Waals surface area contributed by atoms with Gasteiger partial charge in [-0.15, -0.1) is 0 Å². The van der Waals surface area contributed by atoms with Crippen molar-refractivity contribution in [3.8, 4) is 12.1 Å². The van der Waals surface area contributed by atoms with Gasteiger partial charge in [-0.25, -0.2) is 4.79 Å². The number of nitrogens with zero attached hydrogens (tertiary/aromatic N) is 2. The first kappa shape index (κ1) is 21.9. The lowest BCUT2D eigenvalue weighted by Gasteiger charge is -1.97. The number of ether oxygens (including phenoxy) is 1. The first-order chi connectivity index (χ1) is 8.85. The van der Waals surface area contributed by atoms with E-state index in [9.17, 15) is 4.79 Å². The van der Waals surface area contributed by atoms with Gasteiger partial charge in [-0.1, -0.05) is 33.1 Å². The molecule has 4 nitrogen and oxygen atoms in total. The van der Waals surface area contributed by atoms with E-state index >= 15 is 0 Å². The molecule has 0 heterocycles. The van der Waals surface area contributed by atoms with E-state index < -0.39 is 0 Å². The molecule has 0 aromatic heterocycles. The molecule has 0 aromatic rings. The highest BCUT2D eigenvalue weighted by atomic mass is 16.5. The van der Waals surface area contributed by atoms with Crippen molar-refractivity contribution in [3.63, 3.8) is 0 Å². The fourth-order valence-corrected chi connectivity index (χ4v) is 0.376. The summed E-state index contributed by atoms with van der Waals surface area (Å²) < 4.78 is 4.67. The van der Waals surface area contributed by atoms with Gasteiger partial charge in [0.05, 0.1) is 18.7 Å². The van der Waals surface area contributed by atoms with Crippen molar-refractivity contribution >= 4 is 5.97 Å². The van der Waals surface area contributed by atoms with Crippen molar-refractivity contribution in [2.45, 2.75) is 33.6 Å². The van der Waals surface area contributed by atoms with Crippen LogP contribution in [-0.2, 0) is 9.53 Å². The fourth-order valence-electron chi connectivity index (χ4n) is 0.376. The van der Waals surface area contributed by atoms with E-state index in [-0.39, 0.29) is 5.97 Å². The number of nitriles is 2. The molecule has 0 bridgehead atoms. The second-order valence-electron chi connectivity index (χ2n) is 3.51. The molecule has 19 heavy (non-hydrogen) atoms. The topological polar surface area (TPSA) is 73.9 Å².